The molecule has 0 spiro atoms. The molecule has 0 fully saturated rings. The average Bonchev–Trinajstić information content (AvgIpc) is 2.87. The van der Waals surface area contributed by atoms with Crippen molar-refractivity contribution in [1.29, 1.82) is 0 Å². The van der Waals surface area contributed by atoms with E-state index in [1.165, 1.54) is 11.8 Å². The van der Waals surface area contributed by atoms with Gasteiger partial charge in [0.15, 0.2) is 6.10 Å². The largest absolute Gasteiger partial charge is 0.448 e. The van der Waals surface area contributed by atoms with Crippen LogP contribution in [0.1, 0.15) is 32.8 Å². The number of Topliss-reactive ketones (excluding diaryl/α,β-unsaturated/α-hetero) is 1. The minimum Gasteiger partial charge on any atom is -0.448 e. The standard InChI is InChI=1S/C28H22O3S/c29-25(21-13-5-1-6-14-21)26(22-15-7-2-8-16-22)31-28(30)27(23-17-9-3-10-18-23)32-24-19-11-4-12-20-24/h1-20,26-27H/t26-,27-/m1/s1. The maximum absolute atomic E-state index is 13.5. The summed E-state index contributed by atoms with van der Waals surface area (Å²) in [7, 11) is 0. The molecule has 0 N–H and O–H groups in total. The van der Waals surface area contributed by atoms with E-state index in [1.54, 1.807) is 36.4 Å². The molecule has 0 aliphatic rings. The Bertz CT molecular complexity index is 1150. The fraction of sp³-hybridized carbons (Fsp3) is 0.0714. The Hall–Kier alpha value is -3.63. The van der Waals surface area contributed by atoms with Crippen molar-refractivity contribution in [2.24, 2.45) is 0 Å². The molecule has 0 unspecified atom stereocenters. The van der Waals surface area contributed by atoms with E-state index in [9.17, 15) is 9.59 Å². The van der Waals surface area contributed by atoms with E-state index in [-0.39, 0.29) is 5.78 Å². The Morgan fingerprint density at radius 2 is 1.06 bits per heavy atom. The molecule has 3 nitrogen and oxygen atoms in total. The van der Waals surface area contributed by atoms with Crippen LogP contribution in [0.15, 0.2) is 126 Å². The van der Waals surface area contributed by atoms with Gasteiger partial charge in [0.2, 0.25) is 5.78 Å². The maximum atomic E-state index is 13.5. The number of thioether (sulfide) groups is 1. The number of benzene rings is 4. The topological polar surface area (TPSA) is 43.4 Å². The highest BCUT2D eigenvalue weighted by molar-refractivity contribution is 8.00. The molecule has 4 heteroatoms. The van der Waals surface area contributed by atoms with Crippen LogP contribution in [0.2, 0.25) is 0 Å². The molecule has 2 atom stereocenters. The molecular weight excluding hydrogens is 416 g/mol. The molecule has 4 aromatic carbocycles. The van der Waals surface area contributed by atoms with E-state index >= 15 is 0 Å². The third kappa shape index (κ3) is 5.34. The molecule has 0 heterocycles. The van der Waals surface area contributed by atoms with Gasteiger partial charge in [-0.25, -0.2) is 0 Å². The lowest BCUT2D eigenvalue weighted by Crippen LogP contribution is -2.23. The number of ether oxygens (including phenoxy) is 1. The minimum absolute atomic E-state index is 0.248. The van der Waals surface area contributed by atoms with Gasteiger partial charge in [-0.3, -0.25) is 9.59 Å². The first-order chi connectivity index (χ1) is 15.7. The number of hydrogen-bond acceptors (Lipinski definition) is 4. The second-order valence-corrected chi connectivity index (χ2v) is 8.36. The highest BCUT2D eigenvalue weighted by atomic mass is 32.2. The molecule has 4 rings (SSSR count). The van der Waals surface area contributed by atoms with Gasteiger partial charge in [0, 0.05) is 16.0 Å². The molecule has 0 aliphatic carbocycles. The number of carbonyl (C=O) groups excluding carboxylic acids is 2. The Labute approximate surface area is 192 Å². The van der Waals surface area contributed by atoms with Crippen molar-refractivity contribution < 1.29 is 14.3 Å². The highest BCUT2D eigenvalue weighted by Gasteiger charge is 2.31. The third-order valence-electron chi connectivity index (χ3n) is 4.95. The first-order valence-electron chi connectivity index (χ1n) is 10.3. The third-order valence-corrected chi connectivity index (χ3v) is 6.19. The zero-order valence-corrected chi connectivity index (χ0v) is 18.2. The molecule has 0 radical (unpaired) electrons. The van der Waals surface area contributed by atoms with Crippen LogP contribution in [0.25, 0.3) is 0 Å². The molecule has 4 aromatic rings. The smallest absolute Gasteiger partial charge is 0.325 e. The molecule has 0 aliphatic heterocycles. The number of esters is 1. The van der Waals surface area contributed by atoms with Gasteiger partial charge >= 0.3 is 5.97 Å². The predicted octanol–water partition coefficient (Wildman–Crippen LogP) is 6.69. The quantitative estimate of drug-likeness (QED) is 0.175. The Balaban J connectivity index is 1.66. The van der Waals surface area contributed by atoms with Crippen molar-refractivity contribution in [2.75, 3.05) is 0 Å². The van der Waals surface area contributed by atoms with E-state index in [2.05, 4.69) is 0 Å². The summed E-state index contributed by atoms with van der Waals surface area (Å²) in [5.41, 5.74) is 1.97. The number of hydrogen-bond donors (Lipinski definition) is 0. The second kappa shape index (κ2) is 10.6. The summed E-state index contributed by atoms with van der Waals surface area (Å²) in [6, 6.07) is 37.3. The lowest BCUT2D eigenvalue weighted by atomic mass is 9.99. The number of ketones is 1. The molecule has 0 bridgehead atoms. The molecule has 0 aromatic heterocycles. The van der Waals surface area contributed by atoms with Crippen LogP contribution in [0.3, 0.4) is 0 Å². The fourth-order valence-corrected chi connectivity index (χ4v) is 4.38. The lowest BCUT2D eigenvalue weighted by Gasteiger charge is -2.22. The van der Waals surface area contributed by atoms with E-state index in [0.717, 1.165) is 10.5 Å². The van der Waals surface area contributed by atoms with Gasteiger partial charge in [-0.1, -0.05) is 109 Å². The van der Waals surface area contributed by atoms with E-state index in [1.807, 2.05) is 84.9 Å². The Morgan fingerprint density at radius 1 is 0.594 bits per heavy atom. The minimum atomic E-state index is -1.02. The van der Waals surface area contributed by atoms with Gasteiger partial charge < -0.3 is 4.74 Å². The van der Waals surface area contributed by atoms with Gasteiger partial charge in [0.25, 0.3) is 0 Å². The molecular formula is C28H22O3S. The first kappa shape index (κ1) is 21.6. The first-order valence-corrected chi connectivity index (χ1v) is 11.2. The van der Waals surface area contributed by atoms with Crippen molar-refractivity contribution in [3.05, 3.63) is 138 Å². The predicted molar refractivity (Wildman–Crippen MR) is 128 cm³/mol. The Morgan fingerprint density at radius 3 is 1.62 bits per heavy atom. The number of carbonyl (C=O) groups is 2. The molecule has 32 heavy (non-hydrogen) atoms. The van der Waals surface area contributed by atoms with Crippen LogP contribution in [-0.4, -0.2) is 11.8 Å². The summed E-state index contributed by atoms with van der Waals surface area (Å²) in [5, 5.41) is -0.603. The summed E-state index contributed by atoms with van der Waals surface area (Å²) >= 11 is 1.41. The van der Waals surface area contributed by atoms with Gasteiger partial charge in [0.1, 0.15) is 5.25 Å². The second-order valence-electron chi connectivity index (χ2n) is 7.18. The lowest BCUT2D eigenvalue weighted by molar-refractivity contribution is -0.146. The van der Waals surface area contributed by atoms with Crippen LogP contribution in [0, 0.1) is 0 Å². The van der Waals surface area contributed by atoms with Crippen LogP contribution < -0.4 is 0 Å². The van der Waals surface area contributed by atoms with Crippen LogP contribution in [-0.2, 0) is 9.53 Å². The number of rotatable bonds is 8. The van der Waals surface area contributed by atoms with Crippen molar-refractivity contribution in [2.45, 2.75) is 16.2 Å². The van der Waals surface area contributed by atoms with Crippen molar-refractivity contribution in [1.82, 2.24) is 0 Å². The molecule has 0 amide bonds. The summed E-state index contributed by atoms with van der Waals surface area (Å²) in [6.07, 6.45) is -1.02. The van der Waals surface area contributed by atoms with E-state index < -0.39 is 17.3 Å². The molecule has 0 saturated heterocycles. The zero-order valence-electron chi connectivity index (χ0n) is 17.3. The SMILES string of the molecule is O=C(c1ccccc1)[C@H](OC(=O)[C@H](Sc1ccccc1)c1ccccc1)c1ccccc1. The highest BCUT2D eigenvalue weighted by Crippen LogP contribution is 2.37. The van der Waals surface area contributed by atoms with Gasteiger partial charge in [-0.05, 0) is 17.7 Å². The molecule has 0 saturated carbocycles. The Kier molecular flexibility index (Phi) is 7.15. The summed E-state index contributed by atoms with van der Waals surface area (Å²) < 4.78 is 5.93. The van der Waals surface area contributed by atoms with Gasteiger partial charge in [-0.15, -0.1) is 11.8 Å². The van der Waals surface area contributed by atoms with Crippen LogP contribution in [0.4, 0.5) is 0 Å². The summed E-state index contributed by atoms with van der Waals surface area (Å²) in [4.78, 5) is 27.7. The van der Waals surface area contributed by atoms with E-state index in [0.29, 0.717) is 11.1 Å². The fourth-order valence-electron chi connectivity index (χ4n) is 3.35. The molecule has 158 valence electrons. The normalized spacial score (nSPS) is 12.5. The summed E-state index contributed by atoms with van der Waals surface area (Å²) in [5.74, 6) is -0.704. The van der Waals surface area contributed by atoms with Gasteiger partial charge in [-0.2, -0.15) is 0 Å². The van der Waals surface area contributed by atoms with Crippen molar-refractivity contribution >= 4 is 23.5 Å². The zero-order chi connectivity index (χ0) is 22.2. The van der Waals surface area contributed by atoms with Crippen molar-refractivity contribution in [3.8, 4) is 0 Å². The van der Waals surface area contributed by atoms with Gasteiger partial charge in [0.05, 0.1) is 0 Å². The summed E-state index contributed by atoms with van der Waals surface area (Å²) in [6.45, 7) is 0. The maximum Gasteiger partial charge on any atom is 0.325 e. The average molecular weight is 439 g/mol. The van der Waals surface area contributed by atoms with E-state index in [4.69, 9.17) is 4.74 Å². The van der Waals surface area contributed by atoms with Crippen LogP contribution in [0.5, 0.6) is 0 Å². The van der Waals surface area contributed by atoms with Crippen LogP contribution >= 0.6 is 11.8 Å². The van der Waals surface area contributed by atoms with Crippen molar-refractivity contribution in [3.63, 3.8) is 0 Å². The monoisotopic (exact) mass is 438 g/mol.